The Labute approximate surface area is 236 Å². The first-order chi connectivity index (χ1) is 16.7. The third kappa shape index (κ3) is 25.1. The molecule has 0 aliphatic carbocycles. The minimum absolute atomic E-state index is 0. The number of nitrogens with zero attached hydrogens (tertiary/aromatic N) is 3. The van der Waals surface area contributed by atoms with Gasteiger partial charge in [-0.15, -0.1) is 20.5 Å². The van der Waals surface area contributed by atoms with Crippen molar-refractivity contribution in [3.63, 3.8) is 0 Å². The van der Waals surface area contributed by atoms with E-state index < -0.39 is 20.5 Å². The fraction of sp³-hybridized carbons (Fsp3) is 0.650. The molecule has 1 aliphatic heterocycles. The fourth-order valence-electron chi connectivity index (χ4n) is 3.34. The second kappa shape index (κ2) is 17.5. The maximum absolute atomic E-state index is 8.49. The predicted octanol–water partition coefficient (Wildman–Crippen LogP) is -6.97. The molecule has 2 rings (SSSR count). The van der Waals surface area contributed by atoms with Gasteiger partial charge < -0.3 is 10.6 Å². The largest absolute Gasteiger partial charge is 2.00 e. The van der Waals surface area contributed by atoms with Crippen molar-refractivity contribution in [2.24, 2.45) is 10.2 Å². The first kappa shape index (κ1) is 38.9. The van der Waals surface area contributed by atoms with E-state index in [0.29, 0.717) is 0 Å². The van der Waals surface area contributed by atoms with Crippen molar-refractivity contribution in [2.45, 2.75) is 71.6 Å². The van der Waals surface area contributed by atoms with Crippen molar-refractivity contribution in [1.29, 1.82) is 0 Å². The molecular weight excluding hydrogens is 596 g/mol. The van der Waals surface area contributed by atoms with Crippen LogP contribution in [0.25, 0.3) is 0 Å². The van der Waals surface area contributed by atoms with Crippen LogP contribution in [0.5, 0.6) is 0 Å². The van der Waals surface area contributed by atoms with E-state index in [1.54, 1.807) is 6.20 Å². The fourth-order valence-corrected chi connectivity index (χ4v) is 3.34. The van der Waals surface area contributed by atoms with E-state index in [0.717, 1.165) is 43.0 Å². The van der Waals surface area contributed by atoms with Gasteiger partial charge in [0.25, 0.3) is 0 Å². The Morgan fingerprint density at radius 2 is 1.11 bits per heavy atom. The van der Waals surface area contributed by atoms with Gasteiger partial charge in [-0.1, -0.05) is 6.07 Å². The number of nitrogens with one attached hydrogen (secondary N) is 4. The van der Waals surface area contributed by atoms with Gasteiger partial charge >= 0.3 is 16.5 Å². The first-order valence-electron chi connectivity index (χ1n) is 10.9. The van der Waals surface area contributed by atoms with E-state index in [4.69, 9.17) is 37.3 Å². The number of aromatic nitrogens is 1. The van der Waals surface area contributed by atoms with Crippen molar-refractivity contribution in [3.05, 3.63) is 30.1 Å². The van der Waals surface area contributed by atoms with E-state index in [-0.39, 0.29) is 33.7 Å². The Morgan fingerprint density at radius 3 is 1.42 bits per heavy atom. The molecular formula is C20H35Cl2N7NiO8. The van der Waals surface area contributed by atoms with Crippen molar-refractivity contribution >= 4 is 11.4 Å². The summed E-state index contributed by atoms with van der Waals surface area (Å²) in [5.41, 5.74) is 9.25. The van der Waals surface area contributed by atoms with Gasteiger partial charge in [0.1, 0.15) is 0 Å². The Hall–Kier alpha value is -1.24. The predicted molar refractivity (Wildman–Crippen MR) is 113 cm³/mol. The van der Waals surface area contributed by atoms with E-state index in [2.05, 4.69) is 64.4 Å². The van der Waals surface area contributed by atoms with Crippen LogP contribution in [0.3, 0.4) is 0 Å². The molecule has 0 radical (unpaired) electrons. The first-order valence-corrected chi connectivity index (χ1v) is 13.4. The Morgan fingerprint density at radius 1 is 0.737 bits per heavy atom. The molecule has 0 bridgehead atoms. The second-order valence-corrected chi connectivity index (χ2v) is 10.9. The maximum Gasteiger partial charge on any atom is 2.00 e. The molecule has 4 N–H and O–H groups in total. The Balaban J connectivity index is 0. The summed E-state index contributed by atoms with van der Waals surface area (Å²) in [6.45, 7) is 14.7. The van der Waals surface area contributed by atoms with Crippen LogP contribution < -0.4 is 58.8 Å². The van der Waals surface area contributed by atoms with Crippen LogP contribution in [0, 0.1) is 20.5 Å². The van der Waals surface area contributed by atoms with Crippen LogP contribution in [0.15, 0.2) is 34.6 Å². The molecule has 18 heteroatoms. The third-order valence-corrected chi connectivity index (χ3v) is 4.48. The molecule has 0 unspecified atom stereocenters. The summed E-state index contributed by atoms with van der Waals surface area (Å²) in [7, 11) is -9.89. The standard InChI is InChI=1S/C20H35N7.2ClHO4.Ni/c1-15-13-19(3,4)22-11-12-23-20(5,6)14-16(2)25-27-18(26-24-15)17-9-7-8-10-21-17;2*2-1(3,4)5;/h7-10,18,22-23,26-27H,11-14H2,1-6H3;2*(H,2,3,4,5);/q;;;+2/p-2/b24-15+,25-16+;;;. The van der Waals surface area contributed by atoms with Crippen molar-refractivity contribution in [3.8, 4) is 0 Å². The summed E-state index contributed by atoms with van der Waals surface area (Å²) in [5.74, 6) is 0. The minimum atomic E-state index is -4.94. The second-order valence-electron chi connectivity index (χ2n) is 9.37. The molecule has 1 aromatic rings. The average Bonchev–Trinajstić information content (AvgIpc) is 2.68. The number of hydrogen-bond acceptors (Lipinski definition) is 15. The topological polar surface area (TPSA) is 270 Å². The van der Waals surface area contributed by atoms with Crippen LogP contribution in [0.2, 0.25) is 0 Å². The van der Waals surface area contributed by atoms with Gasteiger partial charge in [-0.2, -0.15) is 10.2 Å². The molecule has 38 heavy (non-hydrogen) atoms. The molecule has 15 nitrogen and oxygen atoms in total. The van der Waals surface area contributed by atoms with Crippen molar-refractivity contribution < 1.29 is 74.2 Å². The van der Waals surface area contributed by atoms with Crippen LogP contribution in [-0.2, 0) is 16.5 Å². The Bertz CT molecular complexity index is 792. The zero-order valence-electron chi connectivity index (χ0n) is 21.9. The molecule has 0 saturated heterocycles. The summed E-state index contributed by atoms with van der Waals surface area (Å²) < 4.78 is 67.9. The van der Waals surface area contributed by atoms with Gasteiger partial charge in [0.05, 0.1) is 5.69 Å². The molecule has 1 aromatic heterocycles. The van der Waals surface area contributed by atoms with E-state index in [1.807, 2.05) is 32.0 Å². The molecule has 0 saturated carbocycles. The summed E-state index contributed by atoms with van der Waals surface area (Å²) in [6, 6.07) is 5.83. The summed E-state index contributed by atoms with van der Waals surface area (Å²) in [4.78, 5) is 4.44. The number of hydrogen-bond donors (Lipinski definition) is 4. The monoisotopic (exact) mass is 629 g/mol. The molecule has 0 aromatic carbocycles. The Kier molecular flexibility index (Phi) is 17.9. The summed E-state index contributed by atoms with van der Waals surface area (Å²) in [5, 5.41) is 16.4. The zero-order valence-corrected chi connectivity index (χ0v) is 24.4. The third-order valence-electron chi connectivity index (χ3n) is 4.48. The van der Waals surface area contributed by atoms with Crippen LogP contribution in [0.4, 0.5) is 0 Å². The molecule has 0 atom stereocenters. The average molecular weight is 631 g/mol. The van der Waals surface area contributed by atoms with Gasteiger partial charge in [0, 0.05) is 54.6 Å². The zero-order chi connectivity index (χ0) is 28.9. The molecule has 1 aliphatic rings. The molecule has 222 valence electrons. The normalized spacial score (nSPS) is 21.7. The quantitative estimate of drug-likeness (QED) is 0.210. The van der Waals surface area contributed by atoms with Crippen molar-refractivity contribution in [2.75, 3.05) is 13.1 Å². The van der Waals surface area contributed by atoms with Crippen molar-refractivity contribution in [1.82, 2.24) is 26.5 Å². The van der Waals surface area contributed by atoms with E-state index in [9.17, 15) is 0 Å². The number of pyridine rings is 1. The van der Waals surface area contributed by atoms with Crippen LogP contribution in [0.1, 0.15) is 66.2 Å². The molecule has 0 fully saturated rings. The smallest absolute Gasteiger partial charge is 0.310 e. The summed E-state index contributed by atoms with van der Waals surface area (Å²) >= 11 is 0. The van der Waals surface area contributed by atoms with Gasteiger partial charge in [0.2, 0.25) is 0 Å². The minimum Gasteiger partial charge on any atom is -0.310 e. The maximum atomic E-state index is 8.49. The summed E-state index contributed by atoms with van der Waals surface area (Å²) in [6.07, 6.45) is 3.19. The van der Waals surface area contributed by atoms with Gasteiger partial charge in [-0.3, -0.25) is 15.8 Å². The number of rotatable bonds is 1. The van der Waals surface area contributed by atoms with Gasteiger partial charge in [-0.05, 0) is 53.7 Å². The van der Waals surface area contributed by atoms with Gasteiger partial charge in [-0.25, -0.2) is 37.3 Å². The van der Waals surface area contributed by atoms with Crippen LogP contribution in [-0.4, -0.2) is 40.6 Å². The molecule has 0 spiro atoms. The van der Waals surface area contributed by atoms with E-state index in [1.165, 1.54) is 0 Å². The molecule has 0 amide bonds. The number of halogens is 2. The molecule has 2 heterocycles. The SMILES string of the molecule is C/C1=N\NC(c2ccccn2)N/N=C(\C)CC(C)(C)NCCNC(C)(C)C1.[Ni+2].[O-][Cl+3]([O-])([O-])[O-].[O-][Cl+3]([O-])([O-])[O-]. The van der Waals surface area contributed by atoms with Crippen LogP contribution >= 0.6 is 0 Å². The van der Waals surface area contributed by atoms with Gasteiger partial charge in [0.15, 0.2) is 6.17 Å². The number of hydrazone groups is 2. The van der Waals surface area contributed by atoms with E-state index >= 15 is 0 Å².